The van der Waals surface area contributed by atoms with Crippen LogP contribution in [0.15, 0.2) is 72.9 Å². The molecule has 9 N–H and O–H groups in total. The monoisotopic (exact) mass is 673 g/mol. The second-order valence-electron chi connectivity index (χ2n) is 7.99. The molecule has 1 aliphatic rings. The smallest absolute Gasteiger partial charge is 0.328 e. The van der Waals surface area contributed by atoms with Crippen LogP contribution in [-0.4, -0.2) is 101 Å². The Bertz CT molecular complexity index is 1020. The molecule has 1 heterocycles. The van der Waals surface area contributed by atoms with E-state index in [9.17, 15) is 43.2 Å². The first kappa shape index (κ1) is 47.6. The molecule has 0 aromatic rings. The van der Waals surface area contributed by atoms with Gasteiger partial charge in [0, 0.05) is 63.7 Å². The maximum absolute atomic E-state index is 10.4. The fourth-order valence-corrected chi connectivity index (χ4v) is 2.11. The predicted molar refractivity (Wildman–Crippen MR) is 163 cm³/mol. The number of carbonyl (C=O) groups is 9. The number of aliphatic carboxylic acids is 8. The van der Waals surface area contributed by atoms with Crippen LogP contribution in [0.5, 0.6) is 0 Å². The van der Waals surface area contributed by atoms with Gasteiger partial charge in [-0.1, -0.05) is 36.5 Å². The molecule has 1 aliphatic heterocycles. The molecule has 0 aromatic carbocycles. The lowest BCUT2D eigenvalue weighted by atomic mass is 10.2. The summed E-state index contributed by atoms with van der Waals surface area (Å²) in [4.78, 5) is 88.8. The number of rotatable bonds is 14. The van der Waals surface area contributed by atoms with Crippen LogP contribution >= 0.6 is 0 Å². The lowest BCUT2D eigenvalue weighted by Crippen LogP contribution is -2.28. The highest BCUT2D eigenvalue weighted by Crippen LogP contribution is 1.99. The van der Waals surface area contributed by atoms with Gasteiger partial charge in [0.15, 0.2) is 0 Å². The highest BCUT2D eigenvalue weighted by molar-refractivity contribution is 5.83. The Morgan fingerprint density at radius 2 is 0.745 bits per heavy atom. The molecule has 0 spiro atoms. The van der Waals surface area contributed by atoms with Crippen molar-refractivity contribution < 1.29 is 85.4 Å². The number of hydrogen-bond donors (Lipinski definition) is 9. The molecule has 1 amide bonds. The Morgan fingerprint density at radius 3 is 0.872 bits per heavy atom. The molecule has 1 saturated heterocycles. The van der Waals surface area contributed by atoms with E-state index in [1.807, 2.05) is 0 Å². The topological polar surface area (TPSA) is 327 Å². The minimum absolute atomic E-state index is 0. The molecule has 0 unspecified atom stereocenters. The summed E-state index contributed by atoms with van der Waals surface area (Å²) in [7, 11) is 0. The molecule has 0 atom stereocenters. The van der Waals surface area contributed by atoms with Gasteiger partial charge in [-0.15, -0.1) is 0 Å². The van der Waals surface area contributed by atoms with E-state index in [0.717, 1.165) is 98.7 Å². The van der Waals surface area contributed by atoms with E-state index in [0.29, 0.717) is 12.8 Å². The molecule has 47 heavy (non-hydrogen) atoms. The number of carboxylic acid groups (broad SMARTS) is 8. The number of piperidine rings is 1. The van der Waals surface area contributed by atoms with Crippen LogP contribution in [-0.2, 0) is 43.2 Å². The average Bonchev–Trinajstić information content (AvgIpc) is 2.95. The van der Waals surface area contributed by atoms with Crippen molar-refractivity contribution in [3.8, 4) is 0 Å². The maximum atomic E-state index is 10.4. The van der Waals surface area contributed by atoms with E-state index in [2.05, 4.69) is 5.32 Å². The number of amides is 1. The van der Waals surface area contributed by atoms with Gasteiger partial charge in [0.25, 0.3) is 0 Å². The first-order chi connectivity index (χ1) is 21.9. The van der Waals surface area contributed by atoms with Crippen LogP contribution in [0, 0.1) is 0 Å². The third-order valence-electron chi connectivity index (χ3n) is 3.95. The van der Waals surface area contributed by atoms with Crippen LogP contribution in [0.1, 0.15) is 46.4 Å². The Hall–Kier alpha value is -6.33. The van der Waals surface area contributed by atoms with E-state index < -0.39 is 47.8 Å². The molecule has 0 aliphatic carbocycles. The summed E-state index contributed by atoms with van der Waals surface area (Å²) in [6.07, 6.45) is 15.9. The third-order valence-corrected chi connectivity index (χ3v) is 3.95. The van der Waals surface area contributed by atoms with Gasteiger partial charge >= 0.3 is 47.8 Å². The quantitative estimate of drug-likeness (QED) is 0.0723. The number of nitrogens with one attached hydrogen (secondary N) is 1. The molecule has 0 bridgehead atoms. The summed E-state index contributed by atoms with van der Waals surface area (Å²) in [6, 6.07) is 0. The molecule has 262 valence electrons. The molecule has 18 nitrogen and oxygen atoms in total. The van der Waals surface area contributed by atoms with Crippen molar-refractivity contribution >= 4 is 53.7 Å². The lowest BCUT2D eigenvalue weighted by molar-refractivity contribution is -0.139. The zero-order chi connectivity index (χ0) is 37.0. The fraction of sp³-hybridized carbons (Fsp3) is 0.276. The highest BCUT2D eigenvalue weighted by Gasteiger charge is 2.04. The zero-order valence-electron chi connectivity index (χ0n) is 24.8. The van der Waals surface area contributed by atoms with Crippen molar-refractivity contribution in [3.05, 3.63) is 72.9 Å². The van der Waals surface area contributed by atoms with Crippen LogP contribution in [0.2, 0.25) is 0 Å². The first-order valence-electron chi connectivity index (χ1n) is 13.0. The van der Waals surface area contributed by atoms with Gasteiger partial charge < -0.3 is 46.2 Å². The zero-order valence-corrected chi connectivity index (χ0v) is 24.8. The lowest BCUT2D eigenvalue weighted by Gasteiger charge is -2.08. The van der Waals surface area contributed by atoms with Gasteiger partial charge in [0.2, 0.25) is 5.91 Å². The number of hydrogen-bond acceptors (Lipinski definition) is 9. The average molecular weight is 674 g/mol. The Morgan fingerprint density at radius 1 is 0.489 bits per heavy atom. The summed E-state index contributed by atoms with van der Waals surface area (Å²) in [6.45, 7) is 0.888. The summed E-state index contributed by atoms with van der Waals surface area (Å²) >= 11 is 0. The van der Waals surface area contributed by atoms with Gasteiger partial charge in [-0.2, -0.15) is 0 Å². The van der Waals surface area contributed by atoms with Gasteiger partial charge in [-0.05, 0) is 25.7 Å². The normalized spacial score (nSPS) is 12.0. The van der Waals surface area contributed by atoms with Gasteiger partial charge in [0.1, 0.15) is 0 Å². The molecule has 1 fully saturated rings. The molecular weight excluding hydrogens is 634 g/mol. The molecule has 18 heteroatoms. The minimum Gasteiger partial charge on any atom is -0.481 e. The van der Waals surface area contributed by atoms with Gasteiger partial charge in [-0.25, -0.2) is 28.8 Å². The van der Waals surface area contributed by atoms with E-state index in [1.165, 1.54) is 0 Å². The summed E-state index contributed by atoms with van der Waals surface area (Å²) in [5.74, 6) is -8.14. The van der Waals surface area contributed by atoms with E-state index in [1.54, 1.807) is 0 Å². The van der Waals surface area contributed by atoms with E-state index in [-0.39, 0.29) is 20.2 Å². The fourth-order valence-electron chi connectivity index (χ4n) is 2.11. The number of allylic oxidation sites excluding steroid dienone is 6. The van der Waals surface area contributed by atoms with E-state index in [4.69, 9.17) is 40.9 Å². The van der Waals surface area contributed by atoms with Crippen molar-refractivity contribution in [2.75, 3.05) is 6.54 Å². The van der Waals surface area contributed by atoms with Crippen molar-refractivity contribution in [3.63, 3.8) is 0 Å². The molecule has 1 rings (SSSR count). The third kappa shape index (κ3) is 63.9. The Balaban J connectivity index is -0.000000160. The second kappa shape index (κ2) is 34.2. The number of unbranched alkanes of at least 4 members (excludes halogenated alkanes) is 1. The minimum atomic E-state index is -1.10. The SMILES string of the molecule is O=C(O)/C=C/C=C/C(=O)O.O=C(O)/C=C\C=C/C(=O)O.O=C(O)/C=C\C=C\C(=O)O.O=C(O)CCCCC(=O)O.O=C1CCCCN1.[HH]. The predicted octanol–water partition coefficient (Wildman–Crippen LogP) is 2.05. The molecule has 0 saturated carbocycles. The van der Waals surface area contributed by atoms with Crippen molar-refractivity contribution in [2.45, 2.75) is 44.9 Å². The van der Waals surface area contributed by atoms with Crippen LogP contribution in [0.4, 0.5) is 0 Å². The highest BCUT2D eigenvalue weighted by atomic mass is 16.4. The standard InChI is InChI=1S/C6H10O4.3C6H6O4.C5H9NO.H2/c4*7-5(8)3-1-2-4-6(9)10;7-5-3-1-2-4-6-5;/h1-4H2,(H,7,8)(H,9,10);3*1-4H,(H,7,8)(H,9,10);1-4H2,(H,6,7);1H/b;3-1+,4-2+;3-1-,4-2+;3-1-,4-2-;;. The van der Waals surface area contributed by atoms with Crippen LogP contribution < -0.4 is 5.32 Å². The van der Waals surface area contributed by atoms with Crippen molar-refractivity contribution in [2.24, 2.45) is 0 Å². The number of carboxylic acids is 8. The summed E-state index contributed by atoms with van der Waals surface area (Å²) in [5.41, 5.74) is 0. The van der Waals surface area contributed by atoms with Crippen LogP contribution in [0.3, 0.4) is 0 Å². The summed E-state index contributed by atoms with van der Waals surface area (Å²) < 4.78 is 0. The maximum Gasteiger partial charge on any atom is 0.328 e. The van der Waals surface area contributed by atoms with Crippen LogP contribution in [0.25, 0.3) is 0 Å². The first-order valence-corrected chi connectivity index (χ1v) is 13.0. The van der Waals surface area contributed by atoms with Gasteiger partial charge in [0.05, 0.1) is 0 Å². The van der Waals surface area contributed by atoms with E-state index >= 15 is 0 Å². The number of carbonyl (C=O) groups excluding carboxylic acids is 1. The molecule has 0 aromatic heterocycles. The van der Waals surface area contributed by atoms with Crippen molar-refractivity contribution in [1.29, 1.82) is 0 Å². The Labute approximate surface area is 269 Å². The summed E-state index contributed by atoms with van der Waals surface area (Å²) in [5, 5.41) is 67.1. The largest absolute Gasteiger partial charge is 0.481 e. The van der Waals surface area contributed by atoms with Gasteiger partial charge in [-0.3, -0.25) is 14.4 Å². The second-order valence-corrected chi connectivity index (χ2v) is 7.99. The van der Waals surface area contributed by atoms with Crippen molar-refractivity contribution in [1.82, 2.24) is 5.32 Å². The molecule has 0 radical (unpaired) electrons. The Kier molecular flexibility index (Phi) is 34.6. The molecular formula is C29H39NO17.